The minimum Gasteiger partial charge on any atom is -0.497 e. The molecule has 3 aliphatic rings. The van der Waals surface area contributed by atoms with Gasteiger partial charge in [-0.3, -0.25) is 52.7 Å². The molecule has 3 unspecified atom stereocenters. The van der Waals surface area contributed by atoms with Crippen molar-refractivity contribution in [2.75, 3.05) is 34.3 Å². The van der Waals surface area contributed by atoms with Gasteiger partial charge in [0.15, 0.2) is 18.0 Å². The smallest absolute Gasteiger partial charge is 0.329 e. The predicted molar refractivity (Wildman–Crippen MR) is 309 cm³/mol. The molecule has 3 aliphatic heterocycles. The van der Waals surface area contributed by atoms with E-state index in [0.29, 0.717) is 30.6 Å². The minimum atomic E-state index is -1.82. The molecule has 0 spiro atoms. The molecule has 85 heavy (non-hydrogen) atoms. The maximum absolute atomic E-state index is 15.3. The summed E-state index contributed by atoms with van der Waals surface area (Å²) in [7, 11) is 4.26. The van der Waals surface area contributed by atoms with Crippen molar-refractivity contribution in [3.8, 4) is 5.75 Å². The van der Waals surface area contributed by atoms with Crippen LogP contribution in [-0.2, 0) is 82.9 Å². The summed E-state index contributed by atoms with van der Waals surface area (Å²) in [5.41, 5.74) is 0.552. The summed E-state index contributed by atoms with van der Waals surface area (Å²) in [6.07, 6.45) is -4.94. The molecule has 3 heterocycles. The van der Waals surface area contributed by atoms with E-state index in [4.69, 9.17) is 23.7 Å². The molecule has 4 rings (SSSR count). The van der Waals surface area contributed by atoms with E-state index in [2.05, 4.69) is 16.0 Å². The number of carbonyl (C=O) groups is 12. The van der Waals surface area contributed by atoms with Crippen molar-refractivity contribution in [3.63, 3.8) is 0 Å². The van der Waals surface area contributed by atoms with Crippen LogP contribution in [0.3, 0.4) is 0 Å². The van der Waals surface area contributed by atoms with E-state index in [1.54, 1.807) is 52.0 Å². The maximum atomic E-state index is 15.3. The summed E-state index contributed by atoms with van der Waals surface area (Å²) in [5, 5.41) is 8.37. The van der Waals surface area contributed by atoms with Crippen LogP contribution >= 0.6 is 0 Å². The second-order valence-corrected chi connectivity index (χ2v) is 24.1. The minimum absolute atomic E-state index is 0.0336. The molecule has 3 fully saturated rings. The van der Waals surface area contributed by atoms with Crippen molar-refractivity contribution < 1.29 is 81.2 Å². The van der Waals surface area contributed by atoms with Gasteiger partial charge in [-0.25, -0.2) is 4.79 Å². The number of cyclic esters (lactones) is 2. The Morgan fingerprint density at radius 3 is 2.01 bits per heavy atom. The van der Waals surface area contributed by atoms with Crippen LogP contribution in [-0.4, -0.2) is 192 Å². The van der Waals surface area contributed by atoms with Crippen molar-refractivity contribution in [1.82, 2.24) is 35.6 Å². The van der Waals surface area contributed by atoms with Crippen molar-refractivity contribution in [2.45, 2.75) is 215 Å². The van der Waals surface area contributed by atoms with Crippen LogP contribution in [0.1, 0.15) is 147 Å². The number of hydrogen-bond donors (Lipinski definition) is 3. The Bertz CT molecular complexity index is 2570. The fourth-order valence-electron chi connectivity index (χ4n) is 11.1. The SMILES string of the molecule is CCC(C)[C@@H]1NC(=O)[C@@H](NC(=O)[C@H](CC(C)C)N(C)C(=O)[C@@H]2CCCN2C(=O)C(C)OC(C)=O)[C@H](C)OC(=O)C(Cc2ccc(OC)cc2)N(C)C(=O)[C@@H]2CCCN2C(=O)[C@@H](CC(C)C)NC(=O)[C@@H](C)C(=O)[C@H](C(C)C)OC(=O)C[C@@H]1OC(C)=O. The van der Waals surface area contributed by atoms with Crippen LogP contribution < -0.4 is 20.7 Å². The van der Waals surface area contributed by atoms with Gasteiger partial charge in [-0.05, 0) is 101 Å². The Labute approximate surface area is 500 Å². The van der Waals surface area contributed by atoms with Crippen LogP contribution in [0.4, 0.5) is 0 Å². The largest absolute Gasteiger partial charge is 0.497 e. The summed E-state index contributed by atoms with van der Waals surface area (Å²) < 4.78 is 28.3. The van der Waals surface area contributed by atoms with Crippen molar-refractivity contribution in [3.05, 3.63) is 29.8 Å². The molecule has 0 aromatic heterocycles. The number of benzene rings is 1. The highest BCUT2D eigenvalue weighted by Gasteiger charge is 2.46. The van der Waals surface area contributed by atoms with Crippen LogP contribution in [0.5, 0.6) is 5.75 Å². The summed E-state index contributed by atoms with van der Waals surface area (Å²) in [6, 6.07) is -2.48. The van der Waals surface area contributed by atoms with Gasteiger partial charge in [0, 0.05) is 47.5 Å². The maximum Gasteiger partial charge on any atom is 0.329 e. The first-order chi connectivity index (χ1) is 39.8. The molecule has 0 saturated carbocycles. The van der Waals surface area contributed by atoms with Gasteiger partial charge in [0.25, 0.3) is 5.91 Å². The summed E-state index contributed by atoms with van der Waals surface area (Å²) in [6.45, 7) is 20.6. The van der Waals surface area contributed by atoms with Gasteiger partial charge in [-0.2, -0.15) is 0 Å². The number of fused-ring (bicyclic) bond motifs is 1. The second kappa shape index (κ2) is 31.8. The summed E-state index contributed by atoms with van der Waals surface area (Å²) in [5.74, 6) is -12.2. The van der Waals surface area contributed by atoms with E-state index in [1.807, 2.05) is 27.7 Å². The molecular formula is C61H93N7O17. The van der Waals surface area contributed by atoms with Gasteiger partial charge in [-0.15, -0.1) is 0 Å². The number of Topliss-reactive ketones (excluding diaryl/α,β-unsaturated/α-hetero) is 1. The Kier molecular flexibility index (Phi) is 26.4. The standard InChI is InChI=1S/C61H93N7O17/c1-17-35(8)50-48(84-40(13)70)31-49(71)85-53(34(6)7)52(72)36(9)54(73)62-43(28-32(2)3)58(77)68-27-19-21-45(68)60(79)66(15)47(30-41-22-24-42(81-16)25-23-41)61(80)83-37(10)51(56(75)63-50)64-55(74)46(29-33(4)5)65(14)59(78)44-20-18-26-67(44)57(76)38(11)82-39(12)69/h22-25,32-38,43-48,50-51,53H,17-21,26-31H2,1-16H3,(H,62,73)(H,63,75)(H,64,74)/t35?,36-,37-,38?,43+,44-,45-,46-,47?,48-,50-,51-,53-/m0/s1. The van der Waals surface area contributed by atoms with Crippen molar-refractivity contribution in [1.29, 1.82) is 0 Å². The number of carbonyl (C=O) groups excluding carboxylic acids is 12. The lowest BCUT2D eigenvalue weighted by molar-refractivity contribution is -0.166. The summed E-state index contributed by atoms with van der Waals surface area (Å²) >= 11 is 0. The number of nitrogens with zero attached hydrogens (tertiary/aromatic N) is 4. The highest BCUT2D eigenvalue weighted by molar-refractivity contribution is 6.05. The lowest BCUT2D eigenvalue weighted by Crippen LogP contribution is -2.62. The number of likely N-dealkylation sites (tertiary alicyclic amines) is 1. The number of methoxy groups -OCH3 is 1. The number of ether oxygens (including phenoxy) is 5. The van der Waals surface area contributed by atoms with Gasteiger partial charge in [0.1, 0.15) is 54.2 Å². The van der Waals surface area contributed by atoms with E-state index in [0.717, 1.165) is 13.8 Å². The molecule has 24 nitrogen and oxygen atoms in total. The van der Waals surface area contributed by atoms with Crippen molar-refractivity contribution >= 4 is 71.0 Å². The molecular weight excluding hydrogens is 1100 g/mol. The second-order valence-electron chi connectivity index (χ2n) is 24.1. The highest BCUT2D eigenvalue weighted by atomic mass is 16.6. The molecule has 0 aliphatic carbocycles. The molecule has 7 amide bonds. The molecule has 0 radical (unpaired) electrons. The summed E-state index contributed by atoms with van der Waals surface area (Å²) in [4.78, 5) is 176. The van der Waals surface area contributed by atoms with Gasteiger partial charge in [-0.1, -0.05) is 73.9 Å². The number of amides is 7. The molecule has 13 atom stereocenters. The van der Waals surface area contributed by atoms with E-state index >= 15 is 19.2 Å². The molecule has 24 heteroatoms. The van der Waals surface area contributed by atoms with Gasteiger partial charge in [0.05, 0.1) is 25.5 Å². The molecule has 474 valence electrons. The monoisotopic (exact) mass is 1200 g/mol. The van der Waals surface area contributed by atoms with E-state index in [-0.39, 0.29) is 57.0 Å². The van der Waals surface area contributed by atoms with Crippen LogP contribution in [0.25, 0.3) is 0 Å². The quantitative estimate of drug-likeness (QED) is 0.114. The lowest BCUT2D eigenvalue weighted by Gasteiger charge is -2.37. The molecule has 0 bridgehead atoms. The van der Waals surface area contributed by atoms with Gasteiger partial charge >= 0.3 is 23.9 Å². The topological polar surface area (TPSA) is 300 Å². The average Bonchev–Trinajstić information content (AvgIpc) is 3.38. The van der Waals surface area contributed by atoms with Crippen molar-refractivity contribution in [2.24, 2.45) is 29.6 Å². The predicted octanol–water partition coefficient (Wildman–Crippen LogP) is 3.46. The first-order valence-corrected chi connectivity index (χ1v) is 29.8. The number of nitrogens with one attached hydrogen (secondary N) is 3. The number of ketones is 1. The fraction of sp³-hybridized carbons (Fsp3) is 0.705. The Morgan fingerprint density at radius 1 is 0.812 bits per heavy atom. The van der Waals surface area contributed by atoms with Crippen LogP contribution in [0.15, 0.2) is 24.3 Å². The Balaban J connectivity index is 1.94. The molecule has 3 N–H and O–H groups in total. The van der Waals surface area contributed by atoms with E-state index < -0.39 is 162 Å². The molecule has 1 aromatic rings. The number of esters is 4. The normalized spacial score (nSPS) is 26.4. The Hall–Kier alpha value is -7.14. The van der Waals surface area contributed by atoms with Crippen LogP contribution in [0, 0.1) is 29.6 Å². The first kappa shape index (κ1) is 70.3. The lowest BCUT2D eigenvalue weighted by atomic mass is 9.91. The van der Waals surface area contributed by atoms with E-state index in [1.165, 1.54) is 61.6 Å². The van der Waals surface area contributed by atoms with Gasteiger partial charge in [0.2, 0.25) is 35.4 Å². The third kappa shape index (κ3) is 18.9. The van der Waals surface area contributed by atoms with Gasteiger partial charge < -0.3 is 59.2 Å². The third-order valence-electron chi connectivity index (χ3n) is 16.1. The highest BCUT2D eigenvalue weighted by Crippen LogP contribution is 2.28. The third-order valence-corrected chi connectivity index (χ3v) is 16.1. The zero-order valence-electron chi connectivity index (χ0n) is 52.6. The molecule has 3 saturated heterocycles. The molecule has 1 aromatic carbocycles. The fourth-order valence-corrected chi connectivity index (χ4v) is 11.1. The zero-order valence-corrected chi connectivity index (χ0v) is 52.6. The van der Waals surface area contributed by atoms with E-state index in [9.17, 15) is 38.4 Å². The first-order valence-electron chi connectivity index (χ1n) is 29.8. The Morgan fingerprint density at radius 2 is 1.45 bits per heavy atom. The van der Waals surface area contributed by atoms with Crippen LogP contribution in [0.2, 0.25) is 0 Å². The number of hydrogen-bond acceptors (Lipinski definition) is 17. The number of likely N-dealkylation sites (N-methyl/N-ethyl adjacent to an activating group) is 2. The average molecular weight is 1200 g/mol. The zero-order chi connectivity index (χ0) is 63.9. The number of rotatable bonds is 17.